The molecule has 2 N–H and O–H groups in total. The van der Waals surface area contributed by atoms with Gasteiger partial charge in [0, 0.05) is 31.4 Å². The zero-order chi connectivity index (χ0) is 14.4. The van der Waals surface area contributed by atoms with Crippen molar-refractivity contribution in [3.05, 3.63) is 24.4 Å². The highest BCUT2D eigenvalue weighted by molar-refractivity contribution is 5.88. The summed E-state index contributed by atoms with van der Waals surface area (Å²) in [5.74, 6) is 0.550. The van der Waals surface area contributed by atoms with Crippen LogP contribution >= 0.6 is 0 Å². The number of pyridine rings is 1. The highest BCUT2D eigenvalue weighted by Gasteiger charge is 2.28. The molecule has 2 heterocycles. The van der Waals surface area contributed by atoms with E-state index < -0.39 is 0 Å². The number of morpholine rings is 1. The molecular weight excluding hydrogens is 256 g/mol. The lowest BCUT2D eigenvalue weighted by Crippen LogP contribution is -2.55. The lowest BCUT2D eigenvalue weighted by Gasteiger charge is -2.40. The molecule has 110 valence electrons. The summed E-state index contributed by atoms with van der Waals surface area (Å²) in [7, 11) is 0. The Kier molecular flexibility index (Phi) is 4.92. The molecule has 2 rings (SSSR count). The minimum Gasteiger partial charge on any atom is -0.379 e. The summed E-state index contributed by atoms with van der Waals surface area (Å²) in [6.45, 7) is 8.13. The van der Waals surface area contributed by atoms with Crippen LogP contribution in [0.25, 0.3) is 0 Å². The second-order valence-electron chi connectivity index (χ2n) is 5.43. The standard InChI is InChI=1S/C14H22N4O2/c1-14(2,18-7-9-20-10-8-18)11-16-13(19)17-12-5-3-4-6-15-12/h3-6H,7-11H2,1-2H3,(H2,15,16,17,19). The van der Waals surface area contributed by atoms with E-state index in [1.165, 1.54) is 0 Å². The van der Waals surface area contributed by atoms with Gasteiger partial charge in [-0.2, -0.15) is 0 Å². The fraction of sp³-hybridized carbons (Fsp3) is 0.571. The number of hydrogen-bond donors (Lipinski definition) is 2. The van der Waals surface area contributed by atoms with Crippen molar-refractivity contribution in [2.75, 3.05) is 38.2 Å². The van der Waals surface area contributed by atoms with Gasteiger partial charge in [0.25, 0.3) is 0 Å². The molecule has 0 spiro atoms. The zero-order valence-electron chi connectivity index (χ0n) is 12.1. The van der Waals surface area contributed by atoms with Crippen molar-refractivity contribution >= 4 is 11.8 Å². The van der Waals surface area contributed by atoms with Crippen molar-refractivity contribution < 1.29 is 9.53 Å². The van der Waals surface area contributed by atoms with E-state index in [1.807, 2.05) is 12.1 Å². The molecule has 1 aliphatic heterocycles. The topological polar surface area (TPSA) is 66.5 Å². The van der Waals surface area contributed by atoms with Gasteiger partial charge in [-0.25, -0.2) is 9.78 Å². The van der Waals surface area contributed by atoms with E-state index in [2.05, 4.69) is 34.4 Å². The van der Waals surface area contributed by atoms with Crippen LogP contribution in [0, 0.1) is 0 Å². The van der Waals surface area contributed by atoms with Crippen LogP contribution < -0.4 is 10.6 Å². The summed E-state index contributed by atoms with van der Waals surface area (Å²) < 4.78 is 5.35. The van der Waals surface area contributed by atoms with E-state index in [1.54, 1.807) is 12.3 Å². The molecule has 0 atom stereocenters. The molecule has 6 heteroatoms. The minimum absolute atomic E-state index is 0.0920. The number of aromatic nitrogens is 1. The van der Waals surface area contributed by atoms with Gasteiger partial charge in [-0.1, -0.05) is 6.07 Å². The van der Waals surface area contributed by atoms with Crippen molar-refractivity contribution in [3.63, 3.8) is 0 Å². The van der Waals surface area contributed by atoms with E-state index in [-0.39, 0.29) is 11.6 Å². The lowest BCUT2D eigenvalue weighted by atomic mass is 10.0. The first-order valence-electron chi connectivity index (χ1n) is 6.87. The molecule has 1 saturated heterocycles. The minimum atomic E-state index is -0.231. The number of amides is 2. The number of carbonyl (C=O) groups is 1. The van der Waals surface area contributed by atoms with Gasteiger partial charge < -0.3 is 10.1 Å². The maximum Gasteiger partial charge on any atom is 0.320 e. The van der Waals surface area contributed by atoms with E-state index in [9.17, 15) is 4.79 Å². The smallest absolute Gasteiger partial charge is 0.320 e. The van der Waals surface area contributed by atoms with Gasteiger partial charge in [0.2, 0.25) is 0 Å². The molecule has 2 amide bonds. The van der Waals surface area contributed by atoms with Crippen molar-refractivity contribution in [1.82, 2.24) is 15.2 Å². The Morgan fingerprint density at radius 2 is 2.15 bits per heavy atom. The van der Waals surface area contributed by atoms with E-state index in [4.69, 9.17) is 4.74 Å². The normalized spacial score (nSPS) is 16.7. The number of hydrogen-bond acceptors (Lipinski definition) is 4. The number of nitrogens with zero attached hydrogens (tertiary/aromatic N) is 2. The first-order valence-corrected chi connectivity index (χ1v) is 6.87. The van der Waals surface area contributed by atoms with Crippen LogP contribution in [0.3, 0.4) is 0 Å². The molecular formula is C14H22N4O2. The Balaban J connectivity index is 1.80. The summed E-state index contributed by atoms with van der Waals surface area (Å²) in [5, 5.41) is 5.61. The third-order valence-corrected chi connectivity index (χ3v) is 3.46. The summed E-state index contributed by atoms with van der Waals surface area (Å²) in [5.41, 5.74) is -0.0920. The Bertz CT molecular complexity index is 430. The van der Waals surface area contributed by atoms with Crippen molar-refractivity contribution in [2.24, 2.45) is 0 Å². The van der Waals surface area contributed by atoms with Crippen molar-refractivity contribution in [2.45, 2.75) is 19.4 Å². The molecule has 6 nitrogen and oxygen atoms in total. The molecule has 1 aromatic rings. The molecule has 0 bridgehead atoms. The zero-order valence-corrected chi connectivity index (χ0v) is 12.1. The summed E-state index contributed by atoms with van der Waals surface area (Å²) in [4.78, 5) is 18.2. The Morgan fingerprint density at radius 1 is 1.40 bits per heavy atom. The highest BCUT2D eigenvalue weighted by Crippen LogP contribution is 2.15. The van der Waals surface area contributed by atoms with Gasteiger partial charge >= 0.3 is 6.03 Å². The van der Waals surface area contributed by atoms with Crippen molar-refractivity contribution in [3.8, 4) is 0 Å². The molecule has 0 saturated carbocycles. The third kappa shape index (κ3) is 4.18. The van der Waals surface area contributed by atoms with E-state index >= 15 is 0 Å². The van der Waals surface area contributed by atoms with Gasteiger partial charge in [0.1, 0.15) is 5.82 Å². The lowest BCUT2D eigenvalue weighted by molar-refractivity contribution is -0.00863. The first-order chi connectivity index (χ1) is 9.58. The maximum absolute atomic E-state index is 11.8. The predicted octanol–water partition coefficient (Wildman–Crippen LogP) is 1.31. The van der Waals surface area contributed by atoms with E-state index in [0.29, 0.717) is 12.4 Å². The number of carbonyl (C=O) groups excluding carboxylic acids is 1. The Labute approximate surface area is 119 Å². The second kappa shape index (κ2) is 6.67. The summed E-state index contributed by atoms with van der Waals surface area (Å²) in [6, 6.07) is 5.17. The molecule has 0 radical (unpaired) electrons. The van der Waals surface area contributed by atoms with Gasteiger partial charge in [0.05, 0.1) is 13.2 Å². The summed E-state index contributed by atoms with van der Waals surface area (Å²) in [6.07, 6.45) is 1.65. The van der Waals surface area contributed by atoms with Gasteiger partial charge in [-0.15, -0.1) is 0 Å². The van der Waals surface area contributed by atoms with Crippen LogP contribution in [-0.4, -0.2) is 54.3 Å². The number of rotatable bonds is 4. The molecule has 0 unspecified atom stereocenters. The van der Waals surface area contributed by atoms with E-state index in [0.717, 1.165) is 26.3 Å². The first kappa shape index (κ1) is 14.7. The Hall–Kier alpha value is -1.66. The van der Waals surface area contributed by atoms with Crippen LogP contribution in [0.4, 0.5) is 10.6 Å². The molecule has 1 fully saturated rings. The van der Waals surface area contributed by atoms with Crippen LogP contribution in [-0.2, 0) is 4.74 Å². The molecule has 0 aliphatic carbocycles. The van der Waals surface area contributed by atoms with Crippen LogP contribution in [0.5, 0.6) is 0 Å². The fourth-order valence-corrected chi connectivity index (χ4v) is 2.17. The highest BCUT2D eigenvalue weighted by atomic mass is 16.5. The van der Waals surface area contributed by atoms with Crippen LogP contribution in [0.15, 0.2) is 24.4 Å². The average Bonchev–Trinajstić information content (AvgIpc) is 2.47. The van der Waals surface area contributed by atoms with Crippen molar-refractivity contribution in [1.29, 1.82) is 0 Å². The monoisotopic (exact) mass is 278 g/mol. The molecule has 20 heavy (non-hydrogen) atoms. The largest absolute Gasteiger partial charge is 0.379 e. The summed E-state index contributed by atoms with van der Waals surface area (Å²) >= 11 is 0. The average molecular weight is 278 g/mol. The van der Waals surface area contributed by atoms with Gasteiger partial charge in [-0.3, -0.25) is 10.2 Å². The fourth-order valence-electron chi connectivity index (χ4n) is 2.17. The SMILES string of the molecule is CC(C)(CNC(=O)Nc1ccccn1)N1CCOCC1. The van der Waals surface area contributed by atoms with Gasteiger partial charge in [-0.05, 0) is 26.0 Å². The number of anilines is 1. The number of ether oxygens (including phenoxy) is 1. The maximum atomic E-state index is 11.8. The predicted molar refractivity (Wildman–Crippen MR) is 77.7 cm³/mol. The number of nitrogens with one attached hydrogen (secondary N) is 2. The quantitative estimate of drug-likeness (QED) is 0.871. The van der Waals surface area contributed by atoms with Gasteiger partial charge in [0.15, 0.2) is 0 Å². The third-order valence-electron chi connectivity index (χ3n) is 3.46. The van der Waals surface area contributed by atoms with Crippen LogP contribution in [0.1, 0.15) is 13.8 Å². The number of urea groups is 1. The Morgan fingerprint density at radius 3 is 2.80 bits per heavy atom. The van der Waals surface area contributed by atoms with Crippen LogP contribution in [0.2, 0.25) is 0 Å². The molecule has 1 aromatic heterocycles. The second-order valence-corrected chi connectivity index (χ2v) is 5.43. The molecule has 1 aliphatic rings. The molecule has 0 aromatic carbocycles.